The number of para-hydroxylation sites is 1. The molecule has 0 unspecified atom stereocenters. The van der Waals surface area contributed by atoms with Gasteiger partial charge in [-0.25, -0.2) is 9.50 Å². The Morgan fingerprint density at radius 1 is 1.30 bits per heavy atom. The van der Waals surface area contributed by atoms with Gasteiger partial charge in [0.25, 0.3) is 0 Å². The van der Waals surface area contributed by atoms with Crippen LogP contribution in [0.5, 0.6) is 5.75 Å². The van der Waals surface area contributed by atoms with Crippen molar-refractivity contribution >= 4 is 11.3 Å². The molecule has 2 heterocycles. The van der Waals surface area contributed by atoms with Gasteiger partial charge < -0.3 is 10.1 Å². The fraction of sp³-hybridized carbons (Fsp3) is 0.333. The van der Waals surface area contributed by atoms with Crippen molar-refractivity contribution in [3.63, 3.8) is 0 Å². The van der Waals surface area contributed by atoms with Gasteiger partial charge in [-0.15, -0.1) is 0 Å². The number of hydrogen-bond acceptors (Lipinski definition) is 4. The second-order valence-electron chi connectivity index (χ2n) is 6.02. The van der Waals surface area contributed by atoms with Crippen LogP contribution in [0.4, 0.5) is 5.82 Å². The van der Waals surface area contributed by atoms with Crippen LogP contribution in [0.15, 0.2) is 42.7 Å². The zero-order valence-electron chi connectivity index (χ0n) is 13.2. The summed E-state index contributed by atoms with van der Waals surface area (Å²) in [5.74, 6) is 1.81. The highest BCUT2D eigenvalue weighted by Gasteiger charge is 2.20. The van der Waals surface area contributed by atoms with E-state index in [1.165, 1.54) is 6.42 Å². The van der Waals surface area contributed by atoms with E-state index in [2.05, 4.69) is 21.5 Å². The quantitative estimate of drug-likeness (QED) is 0.782. The fourth-order valence-electron chi connectivity index (χ4n) is 2.79. The van der Waals surface area contributed by atoms with Crippen molar-refractivity contribution in [2.24, 2.45) is 0 Å². The van der Waals surface area contributed by atoms with E-state index in [1.54, 1.807) is 6.20 Å². The molecule has 0 saturated heterocycles. The average Bonchev–Trinajstić information content (AvgIpc) is 2.90. The predicted octanol–water partition coefficient (Wildman–Crippen LogP) is 3.58. The van der Waals surface area contributed by atoms with Crippen molar-refractivity contribution in [1.82, 2.24) is 14.6 Å². The summed E-state index contributed by atoms with van der Waals surface area (Å²) in [6, 6.07) is 10.2. The normalized spacial score (nSPS) is 14.7. The van der Waals surface area contributed by atoms with Gasteiger partial charge in [0.2, 0.25) is 0 Å². The summed E-state index contributed by atoms with van der Waals surface area (Å²) in [6.45, 7) is 2.67. The SMILES string of the molecule is Cc1cc2c(NCc3ccccc3OC3CCC3)nccn2n1. The number of hydrogen-bond donors (Lipinski definition) is 1. The maximum absolute atomic E-state index is 6.08. The van der Waals surface area contributed by atoms with Gasteiger partial charge in [0.1, 0.15) is 11.3 Å². The predicted molar refractivity (Wildman–Crippen MR) is 89.8 cm³/mol. The van der Waals surface area contributed by atoms with Crippen molar-refractivity contribution in [1.29, 1.82) is 0 Å². The van der Waals surface area contributed by atoms with Crippen LogP contribution in [-0.4, -0.2) is 20.7 Å². The molecule has 118 valence electrons. The Hall–Kier alpha value is -2.56. The largest absolute Gasteiger partial charge is 0.490 e. The topological polar surface area (TPSA) is 51.5 Å². The third kappa shape index (κ3) is 2.86. The van der Waals surface area contributed by atoms with Gasteiger partial charge in [0.15, 0.2) is 5.82 Å². The molecule has 0 spiro atoms. The minimum atomic E-state index is 0.384. The lowest BCUT2D eigenvalue weighted by Crippen LogP contribution is -2.25. The van der Waals surface area contributed by atoms with Gasteiger partial charge in [-0.2, -0.15) is 5.10 Å². The monoisotopic (exact) mass is 308 g/mol. The molecule has 0 atom stereocenters. The standard InChI is InChI=1S/C18H20N4O/c1-13-11-16-18(19-9-10-22(16)21-13)20-12-14-5-2-3-8-17(14)23-15-6-4-7-15/h2-3,5,8-11,15H,4,6-7,12H2,1H3,(H,19,20). The van der Waals surface area contributed by atoms with E-state index >= 15 is 0 Å². The fourth-order valence-corrected chi connectivity index (χ4v) is 2.79. The van der Waals surface area contributed by atoms with Crippen LogP contribution in [-0.2, 0) is 6.54 Å². The highest BCUT2D eigenvalue weighted by molar-refractivity contribution is 5.67. The van der Waals surface area contributed by atoms with Crippen molar-refractivity contribution in [3.05, 3.63) is 54.0 Å². The number of benzene rings is 1. The van der Waals surface area contributed by atoms with Crippen LogP contribution in [0.1, 0.15) is 30.5 Å². The summed E-state index contributed by atoms with van der Waals surface area (Å²) >= 11 is 0. The highest BCUT2D eigenvalue weighted by Crippen LogP contribution is 2.28. The second kappa shape index (κ2) is 5.91. The van der Waals surface area contributed by atoms with E-state index in [9.17, 15) is 0 Å². The molecule has 0 bridgehead atoms. The molecule has 5 heteroatoms. The van der Waals surface area contributed by atoms with Crippen LogP contribution in [0.2, 0.25) is 0 Å². The van der Waals surface area contributed by atoms with E-state index in [-0.39, 0.29) is 0 Å². The first kappa shape index (κ1) is 14.1. The average molecular weight is 308 g/mol. The number of fused-ring (bicyclic) bond motifs is 1. The summed E-state index contributed by atoms with van der Waals surface area (Å²) in [4.78, 5) is 4.44. The number of aryl methyl sites for hydroxylation is 1. The lowest BCUT2D eigenvalue weighted by molar-refractivity contribution is 0.119. The van der Waals surface area contributed by atoms with E-state index in [0.717, 1.165) is 41.2 Å². The Morgan fingerprint density at radius 2 is 2.17 bits per heavy atom. The van der Waals surface area contributed by atoms with Gasteiger partial charge in [-0.3, -0.25) is 0 Å². The summed E-state index contributed by atoms with van der Waals surface area (Å²) in [7, 11) is 0. The number of nitrogens with zero attached hydrogens (tertiary/aromatic N) is 3. The maximum Gasteiger partial charge on any atom is 0.152 e. The first-order valence-corrected chi connectivity index (χ1v) is 8.09. The summed E-state index contributed by atoms with van der Waals surface area (Å²) in [5, 5.41) is 7.83. The molecule has 4 rings (SSSR count). The van der Waals surface area contributed by atoms with Crippen molar-refractivity contribution in [2.75, 3.05) is 5.32 Å². The molecule has 1 aliphatic rings. The lowest BCUT2D eigenvalue weighted by Gasteiger charge is -2.27. The number of rotatable bonds is 5. The Morgan fingerprint density at radius 3 is 3.00 bits per heavy atom. The first-order valence-electron chi connectivity index (χ1n) is 8.09. The van der Waals surface area contributed by atoms with Gasteiger partial charge in [-0.1, -0.05) is 18.2 Å². The zero-order chi connectivity index (χ0) is 15.6. The summed E-state index contributed by atoms with van der Waals surface area (Å²) in [6.07, 6.45) is 7.61. The Bertz CT molecular complexity index is 823. The smallest absolute Gasteiger partial charge is 0.152 e. The van der Waals surface area contributed by atoms with Crippen LogP contribution in [0.3, 0.4) is 0 Å². The Kier molecular flexibility index (Phi) is 3.61. The highest BCUT2D eigenvalue weighted by atomic mass is 16.5. The van der Waals surface area contributed by atoms with E-state index in [0.29, 0.717) is 12.6 Å². The molecular weight excluding hydrogens is 288 g/mol. The van der Waals surface area contributed by atoms with Gasteiger partial charge in [0.05, 0.1) is 11.8 Å². The van der Waals surface area contributed by atoms with Crippen molar-refractivity contribution in [2.45, 2.75) is 38.8 Å². The zero-order valence-corrected chi connectivity index (χ0v) is 13.2. The minimum Gasteiger partial charge on any atom is -0.490 e. The number of nitrogens with one attached hydrogen (secondary N) is 1. The molecule has 1 aliphatic carbocycles. The van der Waals surface area contributed by atoms with E-state index in [1.807, 2.05) is 41.9 Å². The number of anilines is 1. The molecule has 2 aromatic heterocycles. The minimum absolute atomic E-state index is 0.384. The molecule has 3 aromatic rings. The molecule has 1 N–H and O–H groups in total. The third-order valence-corrected chi connectivity index (χ3v) is 4.28. The van der Waals surface area contributed by atoms with Crippen molar-refractivity contribution in [3.8, 4) is 5.75 Å². The molecule has 1 saturated carbocycles. The number of ether oxygens (including phenoxy) is 1. The van der Waals surface area contributed by atoms with Gasteiger partial charge in [0, 0.05) is 24.5 Å². The molecule has 0 aliphatic heterocycles. The van der Waals surface area contributed by atoms with E-state index in [4.69, 9.17) is 4.74 Å². The summed E-state index contributed by atoms with van der Waals surface area (Å²) in [5.41, 5.74) is 3.12. The van der Waals surface area contributed by atoms with E-state index < -0.39 is 0 Å². The van der Waals surface area contributed by atoms with Gasteiger partial charge >= 0.3 is 0 Å². The van der Waals surface area contributed by atoms with Crippen LogP contribution in [0, 0.1) is 6.92 Å². The molecular formula is C18H20N4O. The Balaban J connectivity index is 1.54. The molecule has 23 heavy (non-hydrogen) atoms. The first-order chi connectivity index (χ1) is 11.3. The molecule has 0 radical (unpaired) electrons. The molecule has 1 aromatic carbocycles. The number of aromatic nitrogens is 3. The Labute approximate surface area is 135 Å². The summed E-state index contributed by atoms with van der Waals surface area (Å²) < 4.78 is 7.93. The second-order valence-corrected chi connectivity index (χ2v) is 6.02. The van der Waals surface area contributed by atoms with Crippen LogP contribution >= 0.6 is 0 Å². The lowest BCUT2D eigenvalue weighted by atomic mass is 9.96. The molecule has 0 amide bonds. The van der Waals surface area contributed by atoms with Crippen molar-refractivity contribution < 1.29 is 4.74 Å². The van der Waals surface area contributed by atoms with Crippen LogP contribution in [0.25, 0.3) is 5.52 Å². The molecule has 5 nitrogen and oxygen atoms in total. The van der Waals surface area contributed by atoms with Crippen LogP contribution < -0.4 is 10.1 Å². The molecule has 1 fully saturated rings. The van der Waals surface area contributed by atoms with Gasteiger partial charge in [-0.05, 0) is 38.3 Å². The maximum atomic E-state index is 6.08. The third-order valence-electron chi connectivity index (χ3n) is 4.28.